The molecule has 2 heterocycles. The molecule has 3 aromatic rings. The maximum absolute atomic E-state index is 13.8. The average molecular weight is 412 g/mol. The first-order valence-corrected chi connectivity index (χ1v) is 8.49. The van der Waals surface area contributed by atoms with Crippen LogP contribution in [0.3, 0.4) is 0 Å². The standard InChI is InChI=1S/C17H13BrClFN2O2/c1-2-24-17(23)15-16(14(19)10-6-4-3-5-7-10)22-9-11(18)12(20)8-13(22)21-15/h3-9,14H,2H2,1H3. The van der Waals surface area contributed by atoms with Crippen LogP contribution in [0.4, 0.5) is 4.39 Å². The predicted octanol–water partition coefficient (Wildman–Crippen LogP) is 4.74. The molecule has 0 saturated heterocycles. The van der Waals surface area contributed by atoms with Gasteiger partial charge >= 0.3 is 5.97 Å². The van der Waals surface area contributed by atoms with Crippen LogP contribution in [0, 0.1) is 5.82 Å². The third kappa shape index (κ3) is 3.03. The summed E-state index contributed by atoms with van der Waals surface area (Å²) in [6, 6.07) is 10.5. The van der Waals surface area contributed by atoms with Crippen molar-refractivity contribution in [3.8, 4) is 0 Å². The van der Waals surface area contributed by atoms with E-state index in [0.29, 0.717) is 5.69 Å². The molecule has 7 heteroatoms. The second-order valence-electron chi connectivity index (χ2n) is 5.04. The predicted molar refractivity (Wildman–Crippen MR) is 92.9 cm³/mol. The Bertz CT molecular complexity index is 898. The van der Waals surface area contributed by atoms with E-state index in [0.717, 1.165) is 5.56 Å². The van der Waals surface area contributed by atoms with E-state index in [1.165, 1.54) is 12.3 Å². The number of carbonyl (C=O) groups is 1. The van der Waals surface area contributed by atoms with Crippen LogP contribution >= 0.6 is 27.5 Å². The number of hydrogen-bond acceptors (Lipinski definition) is 3. The van der Waals surface area contributed by atoms with E-state index in [2.05, 4.69) is 20.9 Å². The van der Waals surface area contributed by atoms with Crippen LogP contribution in [-0.2, 0) is 4.74 Å². The fraction of sp³-hybridized carbons (Fsp3) is 0.176. The number of halogens is 3. The largest absolute Gasteiger partial charge is 0.461 e. The highest BCUT2D eigenvalue weighted by Crippen LogP contribution is 2.33. The summed E-state index contributed by atoms with van der Waals surface area (Å²) in [4.78, 5) is 16.5. The maximum Gasteiger partial charge on any atom is 0.358 e. The molecule has 0 radical (unpaired) electrons. The van der Waals surface area contributed by atoms with Gasteiger partial charge in [0.2, 0.25) is 0 Å². The average Bonchev–Trinajstić information content (AvgIpc) is 2.94. The minimum Gasteiger partial charge on any atom is -0.461 e. The zero-order valence-corrected chi connectivity index (χ0v) is 15.0. The summed E-state index contributed by atoms with van der Waals surface area (Å²) in [5.41, 5.74) is 1.61. The van der Waals surface area contributed by atoms with Gasteiger partial charge in [-0.15, -0.1) is 11.6 Å². The van der Waals surface area contributed by atoms with Crippen LogP contribution in [0.15, 0.2) is 47.1 Å². The van der Waals surface area contributed by atoms with Gasteiger partial charge in [-0.05, 0) is 28.4 Å². The molecule has 0 N–H and O–H groups in total. The molecule has 0 aliphatic rings. The number of ether oxygens (including phenoxy) is 1. The lowest BCUT2D eigenvalue weighted by Crippen LogP contribution is -2.10. The van der Waals surface area contributed by atoms with E-state index in [9.17, 15) is 9.18 Å². The Labute approximate surface area is 151 Å². The molecule has 0 amide bonds. The van der Waals surface area contributed by atoms with Crippen molar-refractivity contribution < 1.29 is 13.9 Å². The topological polar surface area (TPSA) is 43.6 Å². The molecular weight excluding hydrogens is 399 g/mol. The van der Waals surface area contributed by atoms with Gasteiger partial charge in [0.05, 0.1) is 16.8 Å². The van der Waals surface area contributed by atoms with Crippen molar-refractivity contribution in [2.24, 2.45) is 0 Å². The molecule has 0 bridgehead atoms. The minimum atomic E-state index is -0.641. The zero-order chi connectivity index (χ0) is 17.3. The van der Waals surface area contributed by atoms with Gasteiger partial charge in [-0.25, -0.2) is 14.2 Å². The summed E-state index contributed by atoms with van der Waals surface area (Å²) < 4.78 is 20.7. The quantitative estimate of drug-likeness (QED) is 0.460. The summed E-state index contributed by atoms with van der Waals surface area (Å²) in [5.74, 6) is -1.06. The van der Waals surface area contributed by atoms with Crippen molar-refractivity contribution in [2.45, 2.75) is 12.3 Å². The minimum absolute atomic E-state index is 0.0817. The number of pyridine rings is 1. The van der Waals surface area contributed by atoms with Crippen LogP contribution in [0.1, 0.15) is 34.0 Å². The fourth-order valence-corrected chi connectivity index (χ4v) is 3.10. The van der Waals surface area contributed by atoms with Gasteiger partial charge in [0.1, 0.15) is 16.8 Å². The number of aromatic nitrogens is 2. The van der Waals surface area contributed by atoms with E-state index >= 15 is 0 Å². The summed E-state index contributed by atoms with van der Waals surface area (Å²) in [7, 11) is 0. The molecule has 24 heavy (non-hydrogen) atoms. The lowest BCUT2D eigenvalue weighted by atomic mass is 10.1. The van der Waals surface area contributed by atoms with Crippen molar-refractivity contribution >= 4 is 39.1 Å². The molecule has 1 atom stereocenters. The van der Waals surface area contributed by atoms with E-state index < -0.39 is 17.2 Å². The number of hydrogen-bond donors (Lipinski definition) is 0. The first-order valence-electron chi connectivity index (χ1n) is 7.26. The highest BCUT2D eigenvalue weighted by Gasteiger charge is 2.27. The lowest BCUT2D eigenvalue weighted by molar-refractivity contribution is 0.0519. The Balaban J connectivity index is 2.24. The second kappa shape index (κ2) is 6.91. The lowest BCUT2D eigenvalue weighted by Gasteiger charge is -2.12. The molecule has 1 unspecified atom stereocenters. The number of alkyl halides is 1. The van der Waals surface area contributed by atoms with Crippen molar-refractivity contribution in [3.63, 3.8) is 0 Å². The third-order valence-electron chi connectivity index (χ3n) is 3.50. The molecule has 2 aromatic heterocycles. The molecule has 124 valence electrons. The normalized spacial score (nSPS) is 12.3. The van der Waals surface area contributed by atoms with Gasteiger partial charge in [-0.1, -0.05) is 30.3 Å². The monoisotopic (exact) mass is 410 g/mol. The SMILES string of the molecule is CCOC(=O)c1nc2cc(F)c(Br)cn2c1C(Cl)c1ccccc1. The Morgan fingerprint density at radius 3 is 2.79 bits per heavy atom. The first kappa shape index (κ1) is 16.9. The number of nitrogens with zero attached hydrogens (tertiary/aromatic N) is 2. The van der Waals surface area contributed by atoms with Crippen LogP contribution < -0.4 is 0 Å². The zero-order valence-electron chi connectivity index (χ0n) is 12.7. The first-order chi connectivity index (χ1) is 11.5. The van der Waals surface area contributed by atoms with Crippen molar-refractivity contribution in [3.05, 3.63) is 69.8 Å². The van der Waals surface area contributed by atoms with Gasteiger partial charge in [-0.2, -0.15) is 0 Å². The molecule has 0 fully saturated rings. The van der Waals surface area contributed by atoms with Crippen molar-refractivity contribution in [1.82, 2.24) is 9.38 Å². The van der Waals surface area contributed by atoms with E-state index in [1.807, 2.05) is 30.3 Å². The van der Waals surface area contributed by atoms with Gasteiger partial charge < -0.3 is 4.74 Å². The Morgan fingerprint density at radius 1 is 1.42 bits per heavy atom. The number of benzene rings is 1. The number of imidazole rings is 1. The molecule has 0 saturated carbocycles. The van der Waals surface area contributed by atoms with Crippen molar-refractivity contribution in [2.75, 3.05) is 6.61 Å². The molecule has 0 spiro atoms. The molecule has 1 aromatic carbocycles. The highest BCUT2D eigenvalue weighted by atomic mass is 79.9. The Kier molecular flexibility index (Phi) is 4.87. The van der Waals surface area contributed by atoms with E-state index in [1.54, 1.807) is 11.3 Å². The summed E-state index contributed by atoms with van der Waals surface area (Å²) in [6.45, 7) is 1.92. The van der Waals surface area contributed by atoms with Gasteiger partial charge in [0, 0.05) is 12.3 Å². The van der Waals surface area contributed by atoms with E-state index in [4.69, 9.17) is 16.3 Å². The molecule has 4 nitrogen and oxygen atoms in total. The van der Waals surface area contributed by atoms with Crippen molar-refractivity contribution in [1.29, 1.82) is 0 Å². The number of esters is 1. The van der Waals surface area contributed by atoms with Gasteiger partial charge in [-0.3, -0.25) is 4.40 Å². The van der Waals surface area contributed by atoms with Gasteiger partial charge in [0.15, 0.2) is 5.69 Å². The molecular formula is C17H13BrClFN2O2. The summed E-state index contributed by atoms with van der Waals surface area (Å²) >= 11 is 9.77. The van der Waals surface area contributed by atoms with Crippen LogP contribution in [0.2, 0.25) is 0 Å². The third-order valence-corrected chi connectivity index (χ3v) is 4.55. The number of carbonyl (C=O) groups excluding carboxylic acids is 1. The Hall–Kier alpha value is -1.92. The van der Waals surface area contributed by atoms with Gasteiger partial charge in [0.25, 0.3) is 0 Å². The van der Waals surface area contributed by atoms with Crippen LogP contribution in [0.5, 0.6) is 0 Å². The number of fused-ring (bicyclic) bond motifs is 1. The summed E-state index contributed by atoms with van der Waals surface area (Å²) in [5, 5.41) is -0.641. The fourth-order valence-electron chi connectivity index (χ4n) is 2.43. The molecule has 0 aliphatic heterocycles. The smallest absolute Gasteiger partial charge is 0.358 e. The van der Waals surface area contributed by atoms with Crippen LogP contribution in [-0.4, -0.2) is 22.0 Å². The summed E-state index contributed by atoms with van der Waals surface area (Å²) in [6.07, 6.45) is 1.51. The van der Waals surface area contributed by atoms with Crippen LogP contribution in [0.25, 0.3) is 5.65 Å². The molecule has 3 rings (SSSR count). The Morgan fingerprint density at radius 2 is 2.12 bits per heavy atom. The maximum atomic E-state index is 13.8. The second-order valence-corrected chi connectivity index (χ2v) is 6.33. The highest BCUT2D eigenvalue weighted by molar-refractivity contribution is 9.10. The number of rotatable bonds is 4. The van der Waals surface area contributed by atoms with E-state index in [-0.39, 0.29) is 22.4 Å². The molecule has 0 aliphatic carbocycles.